The van der Waals surface area contributed by atoms with E-state index in [4.69, 9.17) is 5.11 Å². The number of unbranched alkanes of at least 4 members (excludes halogenated alkanes) is 2. The van der Waals surface area contributed by atoms with Crippen LogP contribution in [0.15, 0.2) is 54.2 Å². The van der Waals surface area contributed by atoms with Crippen molar-refractivity contribution in [3.05, 3.63) is 59.8 Å². The van der Waals surface area contributed by atoms with Gasteiger partial charge in [0.25, 0.3) is 0 Å². The molecule has 0 saturated carbocycles. The average molecular weight is 410 g/mol. The number of allylic oxidation sites excluding steroid dienone is 4. The molecule has 1 aromatic rings. The van der Waals surface area contributed by atoms with Crippen molar-refractivity contribution < 1.29 is 5.11 Å². The van der Waals surface area contributed by atoms with Gasteiger partial charge in [-0.1, -0.05) is 44.1 Å². The van der Waals surface area contributed by atoms with Gasteiger partial charge in [-0.2, -0.15) is 0 Å². The minimum absolute atomic E-state index is 0.355. The Hall–Kier alpha value is -1.56. The summed E-state index contributed by atoms with van der Waals surface area (Å²) in [6.45, 7) is 10.5. The summed E-state index contributed by atoms with van der Waals surface area (Å²) < 4.78 is 0. The van der Waals surface area contributed by atoms with Crippen LogP contribution >= 0.6 is 11.8 Å². The first-order valence-electron chi connectivity index (χ1n) is 9.93. The Morgan fingerprint density at radius 1 is 1.07 bits per heavy atom. The third-order valence-electron chi connectivity index (χ3n) is 3.10. The van der Waals surface area contributed by atoms with Crippen molar-refractivity contribution in [3.8, 4) is 0 Å². The molecule has 4 nitrogen and oxygen atoms in total. The number of hydrogen-bond acceptors (Lipinski definition) is 5. The molecule has 0 fully saturated rings. The fourth-order valence-electron chi connectivity index (χ4n) is 1.36. The molecule has 28 heavy (non-hydrogen) atoms. The molecule has 5 heteroatoms. The zero-order valence-electron chi connectivity index (χ0n) is 19.0. The van der Waals surface area contributed by atoms with E-state index in [0.29, 0.717) is 6.61 Å². The van der Waals surface area contributed by atoms with Crippen LogP contribution in [-0.2, 0) is 0 Å². The summed E-state index contributed by atoms with van der Waals surface area (Å²) in [5.41, 5.74) is 2.21. The highest BCUT2D eigenvalue weighted by atomic mass is 32.2. The van der Waals surface area contributed by atoms with Gasteiger partial charge in [-0.05, 0) is 58.7 Å². The predicted octanol–water partition coefficient (Wildman–Crippen LogP) is 5.84. The first-order valence-corrected chi connectivity index (χ1v) is 11.0. The monoisotopic (exact) mass is 409 g/mol. The Balaban J connectivity index is -0.000000369. The number of aliphatic hydroxyl groups excluding tert-OH is 1. The van der Waals surface area contributed by atoms with Crippen molar-refractivity contribution in [3.63, 3.8) is 0 Å². The van der Waals surface area contributed by atoms with Crippen LogP contribution in [0.2, 0.25) is 0 Å². The lowest BCUT2D eigenvalue weighted by molar-refractivity contribution is 0.284. The summed E-state index contributed by atoms with van der Waals surface area (Å²) in [5, 5.41) is 16.5. The Kier molecular flexibility index (Phi) is 33.6. The number of aromatic nitrogens is 1. The van der Waals surface area contributed by atoms with Crippen molar-refractivity contribution in [1.29, 1.82) is 0 Å². The minimum atomic E-state index is 0.355. The van der Waals surface area contributed by atoms with E-state index in [-0.39, 0.29) is 0 Å². The molecule has 1 aromatic heterocycles. The van der Waals surface area contributed by atoms with Gasteiger partial charge in [0.1, 0.15) is 0 Å². The van der Waals surface area contributed by atoms with Crippen molar-refractivity contribution >= 4 is 17.5 Å². The van der Waals surface area contributed by atoms with Gasteiger partial charge in [0.15, 0.2) is 0 Å². The lowest BCUT2D eigenvalue weighted by atomic mass is 10.2. The van der Waals surface area contributed by atoms with Gasteiger partial charge in [0.2, 0.25) is 0 Å². The Morgan fingerprint density at radius 2 is 1.68 bits per heavy atom. The van der Waals surface area contributed by atoms with Gasteiger partial charge in [0, 0.05) is 43.2 Å². The molecule has 0 aromatic carbocycles. The second-order valence-electron chi connectivity index (χ2n) is 5.45. The van der Waals surface area contributed by atoms with E-state index in [1.54, 1.807) is 18.0 Å². The minimum Gasteiger partial charge on any atom is -0.396 e. The van der Waals surface area contributed by atoms with Gasteiger partial charge in [-0.3, -0.25) is 4.98 Å². The van der Waals surface area contributed by atoms with Crippen LogP contribution in [0.4, 0.5) is 0 Å². The van der Waals surface area contributed by atoms with Crippen molar-refractivity contribution in [2.45, 2.75) is 53.9 Å². The molecule has 1 heterocycles. The van der Waals surface area contributed by atoms with Crippen molar-refractivity contribution in [1.82, 2.24) is 15.6 Å². The van der Waals surface area contributed by atoms with Crippen molar-refractivity contribution in [2.24, 2.45) is 0 Å². The highest BCUT2D eigenvalue weighted by molar-refractivity contribution is 8.02. The number of pyridine rings is 1. The fraction of sp³-hybridized carbons (Fsp3) is 0.522. The largest absolute Gasteiger partial charge is 0.396 e. The average Bonchev–Trinajstić information content (AvgIpc) is 2.76. The molecule has 0 aliphatic carbocycles. The normalized spacial score (nSPS) is 10.4. The summed E-state index contributed by atoms with van der Waals surface area (Å²) in [5.74, 6) is 0.908. The molecular weight excluding hydrogens is 366 g/mol. The van der Waals surface area contributed by atoms with Crippen LogP contribution in [0, 0.1) is 0 Å². The highest BCUT2D eigenvalue weighted by Crippen LogP contribution is 2.13. The van der Waals surface area contributed by atoms with E-state index >= 15 is 0 Å². The van der Waals surface area contributed by atoms with Crippen LogP contribution in [0.3, 0.4) is 0 Å². The lowest BCUT2D eigenvalue weighted by Gasteiger charge is -2.05. The molecule has 1 rings (SSSR count). The third-order valence-corrected chi connectivity index (χ3v) is 3.96. The molecule has 0 bridgehead atoms. The zero-order chi connectivity index (χ0) is 21.9. The highest BCUT2D eigenvalue weighted by Gasteiger charge is 1.97. The van der Waals surface area contributed by atoms with Crippen LogP contribution in [0.25, 0.3) is 5.70 Å². The zero-order valence-corrected chi connectivity index (χ0v) is 19.9. The quantitative estimate of drug-likeness (QED) is 0.286. The van der Waals surface area contributed by atoms with Crippen LogP contribution < -0.4 is 10.6 Å². The second kappa shape index (κ2) is 30.2. The van der Waals surface area contributed by atoms with Crippen LogP contribution in [0.5, 0.6) is 0 Å². The van der Waals surface area contributed by atoms with E-state index in [9.17, 15) is 0 Å². The number of thioether (sulfide) groups is 1. The standard InChI is InChI=1S/C10H15N3S.C5H12O.2C4H8/c1-11-8-14-7-10(12-2)9-4-3-5-13-6-9;1-2-3-4-5-6;2*1-3-4-2/h3-7,11-12H,8H2,1-2H3;6H,2-5H2,1H3;2*3-4H,1-2H3/b10-7-;;2*4-3-. The molecule has 0 atom stereocenters. The molecule has 162 valence electrons. The first kappa shape index (κ1) is 31.1. The molecule has 0 aliphatic rings. The van der Waals surface area contributed by atoms with Gasteiger partial charge in [-0.25, -0.2) is 0 Å². The molecule has 0 amide bonds. The summed E-state index contributed by atoms with van der Waals surface area (Å²) in [6, 6.07) is 3.97. The molecule has 0 saturated heterocycles. The maximum Gasteiger partial charge on any atom is 0.0491 e. The molecule has 0 spiro atoms. The van der Waals surface area contributed by atoms with E-state index < -0.39 is 0 Å². The van der Waals surface area contributed by atoms with Gasteiger partial charge in [0.05, 0.1) is 0 Å². The summed E-state index contributed by atoms with van der Waals surface area (Å²) in [6.07, 6.45) is 15.0. The maximum atomic E-state index is 8.20. The van der Waals surface area contributed by atoms with Crippen LogP contribution in [-0.4, -0.2) is 36.7 Å². The number of nitrogens with zero attached hydrogens (tertiary/aromatic N) is 1. The van der Waals surface area contributed by atoms with Gasteiger partial charge >= 0.3 is 0 Å². The Bertz CT molecular complexity index is 452. The Labute approximate surface area is 178 Å². The SMILES string of the molecule is C/C=C\C.C/C=C\C.CCCCCO.CNCS/C=C(\NC)c1cccnc1. The summed E-state index contributed by atoms with van der Waals surface area (Å²) in [7, 11) is 3.85. The van der Waals surface area contributed by atoms with E-state index in [0.717, 1.165) is 30.0 Å². The van der Waals surface area contributed by atoms with Crippen molar-refractivity contribution in [2.75, 3.05) is 26.6 Å². The smallest absolute Gasteiger partial charge is 0.0491 e. The van der Waals surface area contributed by atoms with E-state index in [1.165, 1.54) is 6.42 Å². The summed E-state index contributed by atoms with van der Waals surface area (Å²) in [4.78, 5) is 4.08. The molecule has 3 N–H and O–H groups in total. The predicted molar refractivity (Wildman–Crippen MR) is 130 cm³/mol. The summed E-state index contributed by atoms with van der Waals surface area (Å²) >= 11 is 1.72. The molecule has 0 unspecified atom stereocenters. The molecule has 0 aliphatic heterocycles. The number of hydrogen-bond donors (Lipinski definition) is 3. The van der Waals surface area contributed by atoms with E-state index in [1.807, 2.05) is 84.4 Å². The fourth-order valence-corrected chi connectivity index (χ4v) is 2.03. The van der Waals surface area contributed by atoms with Crippen LogP contribution in [0.1, 0.15) is 59.4 Å². The second-order valence-corrected chi connectivity index (χ2v) is 6.31. The topological polar surface area (TPSA) is 57.2 Å². The third kappa shape index (κ3) is 26.7. The first-order chi connectivity index (χ1) is 13.6. The number of nitrogens with one attached hydrogen (secondary N) is 2. The van der Waals surface area contributed by atoms with Gasteiger partial charge < -0.3 is 15.7 Å². The Morgan fingerprint density at radius 3 is 2.00 bits per heavy atom. The van der Waals surface area contributed by atoms with Gasteiger partial charge in [-0.15, -0.1) is 11.8 Å². The molecule has 0 radical (unpaired) electrons. The lowest BCUT2D eigenvalue weighted by Crippen LogP contribution is -2.06. The van der Waals surface area contributed by atoms with E-state index in [2.05, 4.69) is 27.9 Å². The maximum absolute atomic E-state index is 8.20. The molecular formula is C23H43N3OS. The number of aliphatic hydroxyl groups is 1. The number of rotatable bonds is 8.